The second-order valence-corrected chi connectivity index (χ2v) is 39.3. The van der Waals surface area contributed by atoms with Crippen LogP contribution in [-0.4, -0.2) is 226 Å². The topological polar surface area (TPSA) is 499 Å². The fourth-order valence-corrected chi connectivity index (χ4v) is 15.4. The van der Waals surface area contributed by atoms with Crippen molar-refractivity contribution in [3.8, 4) is 0 Å². The summed E-state index contributed by atoms with van der Waals surface area (Å²) >= 11 is 0. The molecule has 0 aromatic heterocycles. The fraction of sp³-hybridized carbons (Fsp3) is 0.629. The zero-order valence-electron chi connectivity index (χ0n) is 80.3. The fourth-order valence-electron chi connectivity index (χ4n) is 15.4. The van der Waals surface area contributed by atoms with Crippen LogP contribution in [-0.2, 0) is 114 Å². The summed E-state index contributed by atoms with van der Waals surface area (Å²) in [5, 5.41) is 21.6. The molecule has 4 aliphatic heterocycles. The molecule has 4 aliphatic carbocycles. The molecule has 752 valence electrons. The molecular weight excluding hydrogens is 1790 g/mol. The number of epoxide rings is 4. The van der Waals surface area contributed by atoms with Crippen molar-refractivity contribution in [1.82, 2.24) is 0 Å². The molecule has 4 heterocycles. The van der Waals surface area contributed by atoms with Crippen LogP contribution in [0.1, 0.15) is 206 Å². The third-order valence-electron chi connectivity index (χ3n) is 24.7. The van der Waals surface area contributed by atoms with Gasteiger partial charge in [0.1, 0.15) is 82.7 Å². The quantitative estimate of drug-likeness (QED) is 0.00882. The average Bonchev–Trinajstić information content (AvgIpc) is 1.41. The zero-order valence-corrected chi connectivity index (χ0v) is 80.3. The standard InChI is InChI=1S/C97H132N8O32/c1-61-25-29-65(41-73(61)102-85(114)134-94(33-17-13-18-34-94)130-53-89(5,6)77(106)122-49-69-45-118-69)98-81(110)126-57-93(58-127-82(111)99-66-30-26-62(2)74(42-66)103-86(115)135-95(35-19-14-20-36-95)131-54-90(7,8)78(107)123-50-70-46-119-70,59-128-83(112)100-67-31-27-63(3)75(43-67)104-87(116)136-96(37-21-15-22-38-96)132-55-91(9,10)79(108)124-51-71-47-120-71)60-129-84(113)101-68-32-28-64(4)76(44-68)105-88(117)137-97(39-23-16-24-40-97)133-56-92(11,12)80(109)125-52-72-48-121-72/h25-32,41-44,69-72H,13-24,33-40,45-60H2,1-12H3,(H,98,110)(H,99,111)(H,100,112)(H,101,113)(H,102,114)(H,103,115)(H,104,116)(H,105,117). The maximum atomic E-state index is 14.6. The predicted molar refractivity (Wildman–Crippen MR) is 492 cm³/mol. The highest BCUT2D eigenvalue weighted by Crippen LogP contribution is 2.42. The number of aryl methyl sites for hydroxylation is 4. The predicted octanol–water partition coefficient (Wildman–Crippen LogP) is 17.0. The molecule has 4 saturated carbocycles. The monoisotopic (exact) mass is 1920 g/mol. The van der Waals surface area contributed by atoms with Gasteiger partial charge in [0, 0.05) is 96.9 Å². The smallest absolute Gasteiger partial charge is 0.414 e. The van der Waals surface area contributed by atoms with Gasteiger partial charge in [0.05, 0.1) is 74.5 Å². The summed E-state index contributed by atoms with van der Waals surface area (Å²) in [5.41, 5.74) is -3.56. The lowest BCUT2D eigenvalue weighted by Crippen LogP contribution is -2.45. The van der Waals surface area contributed by atoms with Crippen LogP contribution in [0.4, 0.5) is 83.9 Å². The summed E-state index contributed by atoms with van der Waals surface area (Å²) < 4.78 is 116. The molecule has 40 nitrogen and oxygen atoms in total. The zero-order chi connectivity index (χ0) is 98.4. The van der Waals surface area contributed by atoms with Crippen molar-refractivity contribution in [2.24, 2.45) is 27.1 Å². The van der Waals surface area contributed by atoms with E-state index >= 15 is 0 Å². The van der Waals surface area contributed by atoms with Gasteiger partial charge in [-0.15, -0.1) is 0 Å². The second-order valence-electron chi connectivity index (χ2n) is 39.3. The Hall–Kier alpha value is -11.4. The number of benzene rings is 4. The van der Waals surface area contributed by atoms with E-state index in [2.05, 4.69) is 42.5 Å². The number of hydrogen-bond acceptors (Lipinski definition) is 32. The Morgan fingerprint density at radius 3 is 0.642 bits per heavy atom. The summed E-state index contributed by atoms with van der Waals surface area (Å²) in [6.07, 6.45) is 2.29. The van der Waals surface area contributed by atoms with Gasteiger partial charge in [-0.1, -0.05) is 49.9 Å². The lowest BCUT2D eigenvalue weighted by Gasteiger charge is -2.38. The number of carbonyl (C=O) groups excluding carboxylic acids is 12. The molecule has 0 bridgehead atoms. The van der Waals surface area contributed by atoms with Crippen LogP contribution in [0.2, 0.25) is 0 Å². The highest BCUT2D eigenvalue weighted by atomic mass is 16.8. The summed E-state index contributed by atoms with van der Waals surface area (Å²) in [6, 6.07) is 18.1. The van der Waals surface area contributed by atoms with Gasteiger partial charge in [0.15, 0.2) is 0 Å². The van der Waals surface area contributed by atoms with E-state index in [0.717, 1.165) is 25.7 Å². The van der Waals surface area contributed by atoms with E-state index in [1.165, 1.54) is 48.5 Å². The number of nitrogens with one attached hydrogen (secondary N) is 8. The van der Waals surface area contributed by atoms with Crippen LogP contribution >= 0.6 is 0 Å². The third kappa shape index (κ3) is 32.4. The minimum atomic E-state index is -2.11. The first-order chi connectivity index (χ1) is 65.1. The van der Waals surface area contributed by atoms with Gasteiger partial charge < -0.3 is 94.7 Å². The van der Waals surface area contributed by atoms with E-state index in [1.807, 2.05) is 0 Å². The molecule has 0 radical (unpaired) electrons. The minimum absolute atomic E-state index is 0.0605. The maximum absolute atomic E-state index is 14.6. The van der Waals surface area contributed by atoms with Gasteiger partial charge >= 0.3 is 72.6 Å². The SMILES string of the molecule is Cc1ccc(NC(=O)OCC(COC(=O)Nc2ccc(C)c(NC(=O)OC3(OCC(C)(C)C(=O)OCC4CO4)CCCCC3)c2)(COC(=O)Nc2ccc(C)c(NC(=O)OC3(OCC(C)(C)C(=O)OCC4CO4)CCCCC3)c2)COC(=O)Nc2ccc(C)c(NC(=O)OC3(OCC(C)(C)C(=O)OCC4CO4)CCCCC3)c2)cc1NC(=O)OC1(OCC(C)(C)C(=O)OCC2CO2)CCCCC1. The second kappa shape index (κ2) is 46.4. The molecular formula is C97H132N8O32. The van der Waals surface area contributed by atoms with Crippen LogP contribution in [0.25, 0.3) is 0 Å². The summed E-state index contributed by atoms with van der Waals surface area (Å²) in [7, 11) is 0. The molecule has 8 fully saturated rings. The van der Waals surface area contributed by atoms with Crippen molar-refractivity contribution >= 4 is 118 Å². The third-order valence-corrected chi connectivity index (χ3v) is 24.7. The summed E-state index contributed by atoms with van der Waals surface area (Å²) in [4.78, 5) is 167. The number of ether oxygens (including phenoxy) is 20. The van der Waals surface area contributed by atoms with Crippen LogP contribution in [0, 0.1) is 54.8 Å². The molecule has 12 rings (SSSR count). The highest BCUT2D eigenvalue weighted by Gasteiger charge is 2.48. The number of hydrogen-bond donors (Lipinski definition) is 8. The Morgan fingerprint density at radius 1 is 0.270 bits per heavy atom. The molecule has 40 heteroatoms. The molecule has 4 atom stereocenters. The van der Waals surface area contributed by atoms with Crippen molar-refractivity contribution in [1.29, 1.82) is 0 Å². The Balaban J connectivity index is 0.786. The molecule has 4 aromatic carbocycles. The molecule has 4 aromatic rings. The molecule has 0 spiro atoms. The van der Waals surface area contributed by atoms with E-state index in [4.69, 9.17) is 94.7 Å². The lowest BCUT2D eigenvalue weighted by molar-refractivity contribution is -0.231. The Kier molecular flexibility index (Phi) is 35.4. The van der Waals surface area contributed by atoms with Gasteiger partial charge in [-0.3, -0.25) is 61.7 Å². The van der Waals surface area contributed by atoms with Crippen molar-refractivity contribution in [2.75, 3.05) is 148 Å². The Morgan fingerprint density at radius 2 is 0.460 bits per heavy atom. The number of anilines is 8. The first kappa shape index (κ1) is 105. The van der Waals surface area contributed by atoms with E-state index < -0.39 is 149 Å². The molecule has 4 saturated heterocycles. The van der Waals surface area contributed by atoms with Gasteiger partial charge in [-0.2, -0.15) is 0 Å². The first-order valence-corrected chi connectivity index (χ1v) is 47.0. The number of carbonyl (C=O) groups is 12. The number of amides is 8. The van der Waals surface area contributed by atoms with Gasteiger partial charge in [0.25, 0.3) is 0 Å². The van der Waals surface area contributed by atoms with E-state index in [-0.39, 0.29) is 123 Å². The Labute approximate surface area is 796 Å². The number of rotatable bonds is 44. The summed E-state index contributed by atoms with van der Waals surface area (Å²) in [5.74, 6) is -7.72. The van der Waals surface area contributed by atoms with Crippen molar-refractivity contribution in [3.05, 3.63) is 95.1 Å². The van der Waals surface area contributed by atoms with Crippen LogP contribution in [0.5, 0.6) is 0 Å². The number of esters is 4. The lowest BCUT2D eigenvalue weighted by atomic mass is 9.92. The summed E-state index contributed by atoms with van der Waals surface area (Å²) in [6.45, 7) is 18.3. The average molecular weight is 1920 g/mol. The van der Waals surface area contributed by atoms with Crippen molar-refractivity contribution < 1.29 is 152 Å². The van der Waals surface area contributed by atoms with E-state index in [9.17, 15) is 57.5 Å². The molecule has 8 amide bonds. The maximum Gasteiger partial charge on any atom is 0.414 e. The van der Waals surface area contributed by atoms with Crippen LogP contribution in [0.15, 0.2) is 72.8 Å². The first-order valence-electron chi connectivity index (χ1n) is 47.0. The van der Waals surface area contributed by atoms with E-state index in [1.54, 1.807) is 107 Å². The molecule has 4 unspecified atom stereocenters. The Bertz CT molecular complexity index is 4320. The molecule has 8 aliphatic rings. The van der Waals surface area contributed by atoms with Crippen molar-refractivity contribution in [3.63, 3.8) is 0 Å². The van der Waals surface area contributed by atoms with Gasteiger partial charge in [-0.05, 0) is 205 Å². The highest BCUT2D eigenvalue weighted by molar-refractivity contribution is 5.94. The van der Waals surface area contributed by atoms with Gasteiger partial charge in [-0.25, -0.2) is 38.4 Å². The molecule has 137 heavy (non-hydrogen) atoms. The normalized spacial score (nSPS) is 19.8. The van der Waals surface area contributed by atoms with Gasteiger partial charge in [0.2, 0.25) is 23.1 Å². The largest absolute Gasteiger partial charge is 0.462 e. The van der Waals surface area contributed by atoms with Crippen LogP contribution in [0.3, 0.4) is 0 Å². The molecule has 8 N–H and O–H groups in total. The van der Waals surface area contributed by atoms with E-state index in [0.29, 0.717) is 151 Å². The van der Waals surface area contributed by atoms with Crippen molar-refractivity contribution in [2.45, 2.75) is 259 Å². The van der Waals surface area contributed by atoms with Crippen LogP contribution < -0.4 is 42.5 Å². The minimum Gasteiger partial charge on any atom is -0.462 e.